The van der Waals surface area contributed by atoms with Crippen LogP contribution in [0, 0.1) is 30.1 Å². The first-order valence-corrected chi connectivity index (χ1v) is 14.7. The Morgan fingerprint density at radius 2 is 1.83 bits per heavy atom. The zero-order valence-corrected chi connectivity index (χ0v) is 25.4. The number of hydrogen-bond acceptors (Lipinski definition) is 9. The van der Waals surface area contributed by atoms with Crippen molar-refractivity contribution >= 4 is 24.2 Å². The topological polar surface area (TPSA) is 134 Å². The molecule has 0 saturated heterocycles. The Kier molecular flexibility index (Phi) is 8.96. The van der Waals surface area contributed by atoms with Crippen LogP contribution in [0.1, 0.15) is 75.9 Å². The number of allylic oxidation sites excluding steroid dienone is 5. The van der Waals surface area contributed by atoms with E-state index in [9.17, 15) is 24.6 Å². The zero-order chi connectivity index (χ0) is 30.3. The molecule has 8 nitrogen and oxygen atoms in total. The standard InChI is InChI=1S/C31H38O7S.CH4O/c1-17-18(16-32)23(33)13-27(38-17)31-21(28(35)24(37-4)14-26(31)34)9-10-25(39)22(31)15-30(36)12-6-7-19-20(30)8-5-11-29(19,2)3;1-2/h7,10,13-14,20-22,32,36,39H,5-6,8-9,11-12,15-16H2,1-4H3;2H,1H3/t20-,21-,22+,30-,31-;/m1./s1. The third-order valence-corrected chi connectivity index (χ3v) is 10.4. The fourth-order valence-electron chi connectivity index (χ4n) is 7.85. The quantitative estimate of drug-likeness (QED) is 0.300. The summed E-state index contributed by atoms with van der Waals surface area (Å²) in [6.45, 7) is 5.51. The second-order valence-corrected chi connectivity index (χ2v) is 12.8. The predicted molar refractivity (Wildman–Crippen MR) is 157 cm³/mol. The van der Waals surface area contributed by atoms with E-state index in [1.165, 1.54) is 24.8 Å². The summed E-state index contributed by atoms with van der Waals surface area (Å²) >= 11 is 4.83. The molecule has 1 fully saturated rings. The van der Waals surface area contributed by atoms with Gasteiger partial charge in [0.25, 0.3) is 0 Å². The average molecular weight is 587 g/mol. The molecule has 5 atom stereocenters. The van der Waals surface area contributed by atoms with E-state index in [4.69, 9.17) is 26.9 Å². The fraction of sp³-hybridized carbons (Fsp3) is 0.594. The minimum Gasteiger partial charge on any atom is -0.493 e. The van der Waals surface area contributed by atoms with E-state index in [1.807, 2.05) is 6.08 Å². The molecule has 0 amide bonds. The van der Waals surface area contributed by atoms with Crippen LogP contribution in [-0.4, -0.2) is 46.7 Å². The molecule has 4 aliphatic rings. The van der Waals surface area contributed by atoms with Gasteiger partial charge in [-0.1, -0.05) is 38.0 Å². The van der Waals surface area contributed by atoms with E-state index in [1.54, 1.807) is 6.92 Å². The summed E-state index contributed by atoms with van der Waals surface area (Å²) in [6.07, 6.45) is 9.88. The van der Waals surface area contributed by atoms with Crippen molar-refractivity contribution in [3.8, 4) is 0 Å². The summed E-state index contributed by atoms with van der Waals surface area (Å²) in [7, 11) is 2.36. The Balaban J connectivity index is 0.00000189. The Labute approximate surface area is 246 Å². The van der Waals surface area contributed by atoms with Gasteiger partial charge in [-0.15, -0.1) is 12.6 Å². The number of carbonyl (C=O) groups is 2. The third-order valence-electron chi connectivity index (χ3n) is 9.88. The van der Waals surface area contributed by atoms with Crippen LogP contribution in [0.2, 0.25) is 0 Å². The molecule has 0 bridgehead atoms. The van der Waals surface area contributed by atoms with Crippen molar-refractivity contribution < 1.29 is 34.1 Å². The second-order valence-electron chi connectivity index (χ2n) is 12.3. The first kappa shape index (κ1) is 31.5. The summed E-state index contributed by atoms with van der Waals surface area (Å²) in [5.74, 6) is -2.19. The third kappa shape index (κ3) is 4.98. The summed E-state index contributed by atoms with van der Waals surface area (Å²) in [5, 5.41) is 29.1. The summed E-state index contributed by atoms with van der Waals surface area (Å²) < 4.78 is 11.4. The Hall–Kier alpha value is -2.46. The zero-order valence-electron chi connectivity index (χ0n) is 24.5. The smallest absolute Gasteiger partial charge is 0.202 e. The van der Waals surface area contributed by atoms with E-state index in [2.05, 4.69) is 19.9 Å². The van der Waals surface area contributed by atoms with E-state index in [0.717, 1.165) is 32.8 Å². The van der Waals surface area contributed by atoms with Crippen LogP contribution in [0.3, 0.4) is 0 Å². The summed E-state index contributed by atoms with van der Waals surface area (Å²) in [4.78, 5) is 41.6. The molecule has 0 unspecified atom stereocenters. The van der Waals surface area contributed by atoms with Gasteiger partial charge in [0.15, 0.2) is 17.0 Å². The van der Waals surface area contributed by atoms with Gasteiger partial charge in [-0.05, 0) is 55.8 Å². The van der Waals surface area contributed by atoms with E-state index >= 15 is 0 Å². The maximum absolute atomic E-state index is 14.3. The molecule has 224 valence electrons. The van der Waals surface area contributed by atoms with Crippen molar-refractivity contribution in [1.82, 2.24) is 0 Å². The lowest BCUT2D eigenvalue weighted by Gasteiger charge is -2.53. The molecular weight excluding hydrogens is 544 g/mol. The molecule has 3 N–H and O–H groups in total. The number of methoxy groups -OCH3 is 1. The molecule has 0 spiro atoms. The minimum atomic E-state index is -1.58. The maximum atomic E-state index is 14.3. The van der Waals surface area contributed by atoms with Crippen molar-refractivity contribution in [3.63, 3.8) is 0 Å². The number of carbonyl (C=O) groups excluding carboxylic acids is 2. The molecule has 1 aromatic rings. The normalized spacial score (nSPS) is 32.4. The second kappa shape index (κ2) is 11.7. The molecule has 4 aliphatic carbocycles. The van der Waals surface area contributed by atoms with Gasteiger partial charge in [0, 0.05) is 37.0 Å². The Morgan fingerprint density at radius 3 is 2.46 bits per heavy atom. The monoisotopic (exact) mass is 586 g/mol. The summed E-state index contributed by atoms with van der Waals surface area (Å²) in [6, 6.07) is 1.24. The van der Waals surface area contributed by atoms with E-state index in [0.29, 0.717) is 11.3 Å². The van der Waals surface area contributed by atoms with Crippen LogP contribution < -0.4 is 5.43 Å². The molecule has 5 rings (SSSR count). The molecule has 0 radical (unpaired) electrons. The van der Waals surface area contributed by atoms with Crippen molar-refractivity contribution in [2.45, 2.75) is 83.3 Å². The lowest BCUT2D eigenvalue weighted by molar-refractivity contribution is -0.140. The predicted octanol–water partition coefficient (Wildman–Crippen LogP) is 4.09. The number of aryl methyl sites for hydroxylation is 1. The highest BCUT2D eigenvalue weighted by atomic mass is 32.1. The van der Waals surface area contributed by atoms with Crippen LogP contribution in [0.4, 0.5) is 0 Å². The van der Waals surface area contributed by atoms with Gasteiger partial charge in [0.1, 0.15) is 16.9 Å². The average Bonchev–Trinajstić information content (AvgIpc) is 2.93. The van der Waals surface area contributed by atoms with Crippen molar-refractivity contribution in [2.24, 2.45) is 23.2 Å². The molecule has 1 aromatic heterocycles. The Bertz CT molecular complexity index is 1370. The molecule has 0 aromatic carbocycles. The van der Waals surface area contributed by atoms with Crippen LogP contribution in [0.25, 0.3) is 0 Å². The van der Waals surface area contributed by atoms with Crippen LogP contribution >= 0.6 is 12.6 Å². The molecule has 0 aliphatic heterocycles. The lowest BCUT2D eigenvalue weighted by atomic mass is 9.51. The molecule has 1 saturated carbocycles. The number of aliphatic hydroxyl groups excluding tert-OH is 2. The van der Waals surface area contributed by atoms with Crippen molar-refractivity contribution in [3.05, 3.63) is 67.8 Å². The highest BCUT2D eigenvalue weighted by molar-refractivity contribution is 7.84. The maximum Gasteiger partial charge on any atom is 0.202 e. The molecular formula is C32H42O8S. The number of ether oxygens (including phenoxy) is 1. The molecule has 9 heteroatoms. The van der Waals surface area contributed by atoms with Gasteiger partial charge in [-0.3, -0.25) is 14.4 Å². The fourth-order valence-corrected chi connectivity index (χ4v) is 8.25. The first-order valence-electron chi connectivity index (χ1n) is 14.3. The van der Waals surface area contributed by atoms with Gasteiger partial charge in [0.2, 0.25) is 5.78 Å². The van der Waals surface area contributed by atoms with Crippen LogP contribution in [0.15, 0.2) is 49.7 Å². The van der Waals surface area contributed by atoms with Gasteiger partial charge in [0.05, 0.1) is 24.9 Å². The highest BCUT2D eigenvalue weighted by Crippen LogP contribution is 2.59. The van der Waals surface area contributed by atoms with Crippen LogP contribution in [0.5, 0.6) is 0 Å². The largest absolute Gasteiger partial charge is 0.493 e. The number of rotatable bonds is 5. The number of Topliss-reactive ketones (excluding diaryl/α,β-unsaturated/α-hetero) is 1. The van der Waals surface area contributed by atoms with Gasteiger partial charge >= 0.3 is 0 Å². The number of ketones is 2. The van der Waals surface area contributed by atoms with Crippen molar-refractivity contribution in [2.75, 3.05) is 14.2 Å². The van der Waals surface area contributed by atoms with Crippen LogP contribution in [-0.2, 0) is 26.3 Å². The first-order chi connectivity index (χ1) is 19.4. The summed E-state index contributed by atoms with van der Waals surface area (Å²) in [5.41, 5.74) is -1.83. The minimum absolute atomic E-state index is 0.0273. The van der Waals surface area contributed by atoms with Gasteiger partial charge in [-0.2, -0.15) is 0 Å². The highest BCUT2D eigenvalue weighted by Gasteiger charge is 2.63. The SMILES string of the molecule is CO.COC1=CC(=O)[C@@]2(c3cc(=O)c(CO)c(C)o3)[C@H](CC=C(S)[C@@H]2C[C@]2(O)CCC=C3[C@H]2CCCC3(C)C)C1=O. The number of hydrogen-bond donors (Lipinski definition) is 4. The number of fused-ring (bicyclic) bond motifs is 2. The lowest BCUT2D eigenvalue weighted by Crippen LogP contribution is -2.59. The number of aliphatic hydroxyl groups is 3. The van der Waals surface area contributed by atoms with Gasteiger partial charge in [-0.25, -0.2) is 0 Å². The molecule has 41 heavy (non-hydrogen) atoms. The molecule has 1 heterocycles. The van der Waals surface area contributed by atoms with Crippen molar-refractivity contribution in [1.29, 1.82) is 0 Å². The van der Waals surface area contributed by atoms with E-state index in [-0.39, 0.29) is 52.8 Å². The Morgan fingerprint density at radius 1 is 1.12 bits per heavy atom. The van der Waals surface area contributed by atoms with E-state index < -0.39 is 40.7 Å². The number of thiol groups is 1. The van der Waals surface area contributed by atoms with Gasteiger partial charge < -0.3 is 24.5 Å².